The number of urea groups is 1. The zero-order valence-electron chi connectivity index (χ0n) is 17.8. The third-order valence-electron chi connectivity index (χ3n) is 5.12. The van der Waals surface area contributed by atoms with E-state index < -0.39 is 17.8 Å². The van der Waals surface area contributed by atoms with Gasteiger partial charge in [-0.3, -0.25) is 14.9 Å². The third kappa shape index (κ3) is 5.01. The molecule has 1 aliphatic rings. The lowest BCUT2D eigenvalue weighted by Crippen LogP contribution is -2.54. The van der Waals surface area contributed by atoms with E-state index in [1.165, 1.54) is 6.08 Å². The fourth-order valence-electron chi connectivity index (χ4n) is 3.38. The van der Waals surface area contributed by atoms with E-state index in [4.69, 9.17) is 27.9 Å². The number of carbonyl (C=O) groups is 3. The number of amides is 4. The summed E-state index contributed by atoms with van der Waals surface area (Å²) in [5.74, 6) is -0.908. The van der Waals surface area contributed by atoms with Crippen molar-refractivity contribution in [2.75, 3.05) is 4.90 Å². The number of barbiturate groups is 1. The number of nitrogens with zero attached hydrogens (tertiary/aromatic N) is 1. The molecular weight excluding hydrogens is 543 g/mol. The summed E-state index contributed by atoms with van der Waals surface area (Å²) >= 11 is 15.6. The molecule has 1 aliphatic heterocycles. The number of hydrogen-bond donors (Lipinski definition) is 1. The molecule has 1 N–H and O–H groups in total. The number of ether oxygens (including phenoxy) is 1. The summed E-state index contributed by atoms with van der Waals surface area (Å²) in [6.45, 7) is 2.01. The second-order valence-corrected chi connectivity index (χ2v) is 9.16. The van der Waals surface area contributed by atoms with Crippen molar-refractivity contribution in [1.82, 2.24) is 5.32 Å². The number of anilines is 1. The van der Waals surface area contributed by atoms with Crippen molar-refractivity contribution in [2.24, 2.45) is 0 Å². The Morgan fingerprint density at radius 1 is 1.03 bits per heavy atom. The summed E-state index contributed by atoms with van der Waals surface area (Å²) in [4.78, 5) is 38.9. The average molecular weight is 560 g/mol. The Labute approximate surface area is 214 Å². The van der Waals surface area contributed by atoms with Gasteiger partial charge in [-0.2, -0.15) is 0 Å². The predicted octanol–water partition coefficient (Wildman–Crippen LogP) is 6.31. The van der Waals surface area contributed by atoms with Crippen molar-refractivity contribution in [3.8, 4) is 5.75 Å². The molecule has 3 aromatic carbocycles. The molecule has 0 bridgehead atoms. The highest BCUT2D eigenvalue weighted by Crippen LogP contribution is 2.30. The molecule has 3 aromatic rings. The number of hydrogen-bond acceptors (Lipinski definition) is 4. The molecule has 0 atom stereocenters. The highest BCUT2D eigenvalue weighted by Gasteiger charge is 2.37. The van der Waals surface area contributed by atoms with E-state index in [-0.39, 0.29) is 12.2 Å². The molecule has 0 saturated carbocycles. The van der Waals surface area contributed by atoms with E-state index in [0.29, 0.717) is 31.5 Å². The Kier molecular flexibility index (Phi) is 7.07. The van der Waals surface area contributed by atoms with Crippen LogP contribution in [0.3, 0.4) is 0 Å². The lowest BCUT2D eigenvalue weighted by molar-refractivity contribution is -0.122. The zero-order chi connectivity index (χ0) is 24.4. The van der Waals surface area contributed by atoms with Crippen molar-refractivity contribution in [3.05, 3.63) is 97.4 Å². The van der Waals surface area contributed by atoms with Crippen LogP contribution in [0.1, 0.15) is 16.7 Å². The minimum absolute atomic E-state index is 0.156. The summed E-state index contributed by atoms with van der Waals surface area (Å²) in [5.41, 5.74) is 2.33. The second-order valence-electron chi connectivity index (χ2n) is 7.46. The maximum atomic E-state index is 13.1. The number of halogens is 3. The Balaban J connectivity index is 1.57. The minimum atomic E-state index is -0.785. The van der Waals surface area contributed by atoms with Gasteiger partial charge in [0.2, 0.25) is 0 Å². The van der Waals surface area contributed by atoms with Gasteiger partial charge in [0.05, 0.1) is 10.2 Å². The van der Waals surface area contributed by atoms with Gasteiger partial charge in [-0.05, 0) is 70.4 Å². The quantitative estimate of drug-likeness (QED) is 0.293. The maximum absolute atomic E-state index is 13.1. The van der Waals surface area contributed by atoms with Crippen LogP contribution in [0.15, 0.2) is 70.7 Å². The van der Waals surface area contributed by atoms with Gasteiger partial charge < -0.3 is 4.74 Å². The van der Waals surface area contributed by atoms with Gasteiger partial charge in [-0.25, -0.2) is 9.69 Å². The maximum Gasteiger partial charge on any atom is 0.335 e. The van der Waals surface area contributed by atoms with Gasteiger partial charge in [-0.1, -0.05) is 53.5 Å². The first-order chi connectivity index (χ1) is 16.2. The number of carbonyl (C=O) groups excluding carboxylic acids is 3. The molecule has 1 heterocycles. The van der Waals surface area contributed by atoms with Crippen LogP contribution >= 0.6 is 39.1 Å². The Hall–Kier alpha value is -3.13. The smallest absolute Gasteiger partial charge is 0.335 e. The first kappa shape index (κ1) is 24.0. The van der Waals surface area contributed by atoms with Gasteiger partial charge >= 0.3 is 6.03 Å². The van der Waals surface area contributed by atoms with Crippen molar-refractivity contribution in [1.29, 1.82) is 0 Å². The minimum Gasteiger partial charge on any atom is -0.488 e. The molecule has 4 amide bonds. The van der Waals surface area contributed by atoms with Gasteiger partial charge in [-0.15, -0.1) is 0 Å². The molecule has 9 heteroatoms. The first-order valence-corrected chi connectivity index (χ1v) is 11.6. The summed E-state index contributed by atoms with van der Waals surface area (Å²) in [7, 11) is 0. The predicted molar refractivity (Wildman–Crippen MR) is 135 cm³/mol. The molecule has 0 spiro atoms. The van der Waals surface area contributed by atoms with E-state index in [1.54, 1.807) is 67.6 Å². The molecule has 0 radical (unpaired) electrons. The van der Waals surface area contributed by atoms with E-state index in [1.807, 2.05) is 0 Å². The molecule has 0 unspecified atom stereocenters. The van der Waals surface area contributed by atoms with Crippen molar-refractivity contribution in [3.63, 3.8) is 0 Å². The Morgan fingerprint density at radius 3 is 2.50 bits per heavy atom. The number of nitrogens with one attached hydrogen (secondary N) is 1. The standard InChI is InChI=1S/C25H17BrCl2N2O4/c1-14-4-2-3-5-21(14)30-24(32)18(23(31)29-25(30)33)10-15-6-9-22(19(26)11-15)34-13-16-7-8-17(27)12-20(16)28/h2-12H,13H2,1H3,(H,29,31,33)/b18-10+. The topological polar surface area (TPSA) is 75.7 Å². The summed E-state index contributed by atoms with van der Waals surface area (Å²) < 4.78 is 6.45. The monoisotopic (exact) mass is 558 g/mol. The van der Waals surface area contributed by atoms with Crippen LogP contribution in [0.25, 0.3) is 6.08 Å². The molecular formula is C25H17BrCl2N2O4. The highest BCUT2D eigenvalue weighted by molar-refractivity contribution is 9.10. The van der Waals surface area contributed by atoms with Gasteiger partial charge in [0.25, 0.3) is 11.8 Å². The summed E-state index contributed by atoms with van der Waals surface area (Å²) in [6, 6.07) is 16.4. The van der Waals surface area contributed by atoms with Crippen molar-refractivity contribution >= 4 is 68.7 Å². The molecule has 1 fully saturated rings. The van der Waals surface area contributed by atoms with Gasteiger partial charge in [0.15, 0.2) is 0 Å². The van der Waals surface area contributed by atoms with Crippen LogP contribution in [0.2, 0.25) is 10.0 Å². The number of para-hydroxylation sites is 1. The SMILES string of the molecule is Cc1ccccc1N1C(=O)NC(=O)/C(=C\c2ccc(OCc3ccc(Cl)cc3Cl)c(Br)c2)C1=O. The van der Waals surface area contributed by atoms with Gasteiger partial charge in [0, 0.05) is 15.6 Å². The molecule has 34 heavy (non-hydrogen) atoms. The molecule has 0 aromatic heterocycles. The van der Waals surface area contributed by atoms with E-state index in [9.17, 15) is 14.4 Å². The van der Waals surface area contributed by atoms with Gasteiger partial charge in [0.1, 0.15) is 17.9 Å². The number of imide groups is 2. The van der Waals surface area contributed by atoms with Crippen molar-refractivity contribution in [2.45, 2.75) is 13.5 Å². The number of benzene rings is 3. The van der Waals surface area contributed by atoms with E-state index in [0.717, 1.165) is 16.0 Å². The van der Waals surface area contributed by atoms with Crippen LogP contribution in [-0.2, 0) is 16.2 Å². The Bertz CT molecular complexity index is 1360. The highest BCUT2D eigenvalue weighted by atomic mass is 79.9. The van der Waals surface area contributed by atoms with Crippen LogP contribution in [0.5, 0.6) is 5.75 Å². The largest absolute Gasteiger partial charge is 0.488 e. The van der Waals surface area contributed by atoms with Crippen molar-refractivity contribution < 1.29 is 19.1 Å². The molecule has 172 valence electrons. The number of rotatable bonds is 5. The molecule has 1 saturated heterocycles. The molecule has 6 nitrogen and oxygen atoms in total. The lowest BCUT2D eigenvalue weighted by atomic mass is 10.1. The molecule has 0 aliphatic carbocycles. The Morgan fingerprint density at radius 2 is 1.79 bits per heavy atom. The van der Waals surface area contributed by atoms with Crippen LogP contribution in [-0.4, -0.2) is 17.8 Å². The third-order valence-corrected chi connectivity index (χ3v) is 6.33. The fourth-order valence-corrected chi connectivity index (χ4v) is 4.35. The molecule has 4 rings (SSSR count). The van der Waals surface area contributed by atoms with E-state index in [2.05, 4.69) is 21.2 Å². The average Bonchev–Trinajstić information content (AvgIpc) is 2.78. The van der Waals surface area contributed by atoms with Crippen LogP contribution < -0.4 is 15.0 Å². The van der Waals surface area contributed by atoms with Crippen LogP contribution in [0, 0.1) is 6.92 Å². The summed E-state index contributed by atoms with van der Waals surface area (Å²) in [5, 5.41) is 3.27. The van der Waals surface area contributed by atoms with Crippen LogP contribution in [0.4, 0.5) is 10.5 Å². The lowest BCUT2D eigenvalue weighted by Gasteiger charge is -2.27. The number of aryl methyl sites for hydroxylation is 1. The first-order valence-electron chi connectivity index (χ1n) is 10.1. The zero-order valence-corrected chi connectivity index (χ0v) is 20.9. The summed E-state index contributed by atoms with van der Waals surface area (Å²) in [6.07, 6.45) is 1.43. The second kappa shape index (κ2) is 10.0. The fraction of sp³-hybridized carbons (Fsp3) is 0.0800. The van der Waals surface area contributed by atoms with E-state index >= 15 is 0 Å². The normalized spacial score (nSPS) is 15.0.